The van der Waals surface area contributed by atoms with Crippen molar-refractivity contribution >= 4 is 11.7 Å². The van der Waals surface area contributed by atoms with Gasteiger partial charge in [0.25, 0.3) is 5.91 Å². The van der Waals surface area contributed by atoms with Crippen molar-refractivity contribution in [1.82, 2.24) is 15.2 Å². The van der Waals surface area contributed by atoms with Gasteiger partial charge in [-0.2, -0.15) is 5.10 Å². The molecule has 2 aromatic heterocycles. The number of H-pyrrole nitrogens is 1. The highest BCUT2D eigenvalue weighted by atomic mass is 16.5. The van der Waals surface area contributed by atoms with Crippen molar-refractivity contribution in [3.63, 3.8) is 0 Å². The van der Waals surface area contributed by atoms with Crippen LogP contribution in [0.5, 0.6) is 5.88 Å². The van der Waals surface area contributed by atoms with Gasteiger partial charge in [-0.3, -0.25) is 9.89 Å². The van der Waals surface area contributed by atoms with Crippen LogP contribution in [0.15, 0.2) is 24.4 Å². The first kappa shape index (κ1) is 15.2. The lowest BCUT2D eigenvalue weighted by molar-refractivity contribution is 0.102. The molecule has 24 heavy (non-hydrogen) atoms. The Morgan fingerprint density at radius 3 is 2.79 bits per heavy atom. The number of anilines is 1. The molecule has 126 valence electrons. The molecule has 2 fully saturated rings. The molecule has 0 bridgehead atoms. The van der Waals surface area contributed by atoms with Crippen LogP contribution in [-0.4, -0.2) is 27.2 Å². The number of ether oxygens (including phenoxy) is 1. The van der Waals surface area contributed by atoms with Gasteiger partial charge in [-0.1, -0.05) is 6.42 Å². The third-order valence-corrected chi connectivity index (χ3v) is 4.69. The SMILES string of the molecule is O=C(Nc1cc(C2CC2)[nH]n1)c1ccnc(OC2CCCCC2)c1. The van der Waals surface area contributed by atoms with Gasteiger partial charge in [-0.05, 0) is 44.6 Å². The Bertz CT molecular complexity index is 717. The predicted octanol–water partition coefficient (Wildman–Crippen LogP) is 3.65. The first-order valence-corrected chi connectivity index (χ1v) is 8.77. The summed E-state index contributed by atoms with van der Waals surface area (Å²) in [6, 6.07) is 5.31. The van der Waals surface area contributed by atoms with E-state index in [4.69, 9.17) is 4.74 Å². The van der Waals surface area contributed by atoms with E-state index in [-0.39, 0.29) is 12.0 Å². The molecule has 2 aliphatic carbocycles. The van der Waals surface area contributed by atoms with Crippen molar-refractivity contribution in [1.29, 1.82) is 0 Å². The maximum absolute atomic E-state index is 12.4. The van der Waals surface area contributed by atoms with Crippen LogP contribution in [0.25, 0.3) is 0 Å². The number of rotatable bonds is 5. The highest BCUT2D eigenvalue weighted by Crippen LogP contribution is 2.39. The van der Waals surface area contributed by atoms with E-state index in [0.717, 1.165) is 18.5 Å². The molecule has 6 heteroatoms. The molecule has 0 aliphatic heterocycles. The monoisotopic (exact) mass is 326 g/mol. The average molecular weight is 326 g/mol. The Balaban J connectivity index is 1.40. The van der Waals surface area contributed by atoms with Crippen LogP contribution in [0, 0.1) is 0 Å². The van der Waals surface area contributed by atoms with E-state index in [0.29, 0.717) is 23.2 Å². The maximum atomic E-state index is 12.4. The number of nitrogens with zero attached hydrogens (tertiary/aromatic N) is 2. The number of nitrogens with one attached hydrogen (secondary N) is 2. The highest BCUT2D eigenvalue weighted by Gasteiger charge is 2.25. The van der Waals surface area contributed by atoms with Gasteiger partial charge in [0.2, 0.25) is 5.88 Å². The van der Waals surface area contributed by atoms with Crippen LogP contribution in [0.4, 0.5) is 5.82 Å². The van der Waals surface area contributed by atoms with Gasteiger partial charge in [0.05, 0.1) is 0 Å². The lowest BCUT2D eigenvalue weighted by atomic mass is 9.98. The van der Waals surface area contributed by atoms with Crippen LogP contribution < -0.4 is 10.1 Å². The minimum absolute atomic E-state index is 0.195. The van der Waals surface area contributed by atoms with Crippen molar-refractivity contribution in [3.05, 3.63) is 35.7 Å². The van der Waals surface area contributed by atoms with Gasteiger partial charge < -0.3 is 10.1 Å². The van der Waals surface area contributed by atoms with Crippen LogP contribution in [0.1, 0.15) is 66.9 Å². The highest BCUT2D eigenvalue weighted by molar-refractivity contribution is 6.03. The van der Waals surface area contributed by atoms with Crippen LogP contribution >= 0.6 is 0 Å². The fraction of sp³-hybridized carbons (Fsp3) is 0.500. The number of aromatic nitrogens is 3. The zero-order chi connectivity index (χ0) is 16.4. The molecule has 6 nitrogen and oxygen atoms in total. The number of aromatic amines is 1. The molecular formula is C18H22N4O2. The molecule has 2 aromatic rings. The van der Waals surface area contributed by atoms with E-state index in [9.17, 15) is 4.79 Å². The zero-order valence-corrected chi connectivity index (χ0v) is 13.6. The standard InChI is InChI=1S/C18H22N4O2/c23-18(20-16-11-15(21-22-16)12-6-7-12)13-8-9-19-17(10-13)24-14-4-2-1-3-5-14/h8-12,14H,1-7H2,(H2,20,21,22,23). The summed E-state index contributed by atoms with van der Waals surface area (Å²) in [5, 5.41) is 9.97. The molecule has 1 amide bonds. The van der Waals surface area contributed by atoms with Gasteiger partial charge in [0.15, 0.2) is 5.82 Å². The smallest absolute Gasteiger partial charge is 0.257 e. The Hall–Kier alpha value is -2.37. The molecule has 0 unspecified atom stereocenters. The van der Waals surface area contributed by atoms with Gasteiger partial charge in [-0.25, -0.2) is 4.98 Å². The van der Waals surface area contributed by atoms with Gasteiger partial charge in [0.1, 0.15) is 6.10 Å². The Labute approximate surface area is 141 Å². The second-order valence-corrected chi connectivity index (χ2v) is 6.70. The lowest BCUT2D eigenvalue weighted by Gasteiger charge is -2.22. The quantitative estimate of drug-likeness (QED) is 0.879. The second-order valence-electron chi connectivity index (χ2n) is 6.70. The summed E-state index contributed by atoms with van der Waals surface area (Å²) in [7, 11) is 0. The summed E-state index contributed by atoms with van der Waals surface area (Å²) < 4.78 is 5.93. The second kappa shape index (κ2) is 6.63. The summed E-state index contributed by atoms with van der Waals surface area (Å²) in [6.45, 7) is 0. The molecule has 0 spiro atoms. The third-order valence-electron chi connectivity index (χ3n) is 4.69. The average Bonchev–Trinajstić information content (AvgIpc) is 3.36. The van der Waals surface area contributed by atoms with Gasteiger partial charge in [-0.15, -0.1) is 0 Å². The molecule has 0 saturated heterocycles. The Morgan fingerprint density at radius 2 is 2.00 bits per heavy atom. The zero-order valence-electron chi connectivity index (χ0n) is 13.6. The third kappa shape index (κ3) is 3.58. The minimum atomic E-state index is -0.195. The van der Waals surface area contributed by atoms with E-state index in [1.165, 1.54) is 32.1 Å². The normalized spacial score (nSPS) is 18.3. The molecule has 2 aliphatic rings. The summed E-state index contributed by atoms with van der Waals surface area (Å²) in [6.07, 6.45) is 10.0. The van der Waals surface area contributed by atoms with E-state index in [1.807, 2.05) is 6.07 Å². The molecular weight excluding hydrogens is 304 g/mol. The minimum Gasteiger partial charge on any atom is -0.474 e. The fourth-order valence-corrected chi connectivity index (χ4v) is 3.16. The first-order valence-electron chi connectivity index (χ1n) is 8.77. The van der Waals surface area contributed by atoms with Crippen LogP contribution in [0.2, 0.25) is 0 Å². The summed E-state index contributed by atoms with van der Waals surface area (Å²) in [5.41, 5.74) is 1.63. The molecule has 0 aromatic carbocycles. The van der Waals surface area contributed by atoms with Crippen LogP contribution in [-0.2, 0) is 0 Å². The fourth-order valence-electron chi connectivity index (χ4n) is 3.16. The molecule has 0 atom stereocenters. The van der Waals surface area contributed by atoms with E-state index >= 15 is 0 Å². The van der Waals surface area contributed by atoms with Crippen molar-refractivity contribution in [2.24, 2.45) is 0 Å². The number of carbonyl (C=O) groups is 1. The Kier molecular flexibility index (Phi) is 4.19. The van der Waals surface area contributed by atoms with E-state index < -0.39 is 0 Å². The van der Waals surface area contributed by atoms with Crippen molar-refractivity contribution in [2.45, 2.75) is 57.0 Å². The van der Waals surface area contributed by atoms with E-state index in [2.05, 4.69) is 20.5 Å². The largest absolute Gasteiger partial charge is 0.474 e. The first-order chi connectivity index (χ1) is 11.8. The number of amides is 1. The van der Waals surface area contributed by atoms with Crippen molar-refractivity contribution in [3.8, 4) is 5.88 Å². The van der Waals surface area contributed by atoms with Crippen LogP contribution in [0.3, 0.4) is 0 Å². The number of carbonyl (C=O) groups excluding carboxylic acids is 1. The lowest BCUT2D eigenvalue weighted by Crippen LogP contribution is -2.20. The van der Waals surface area contributed by atoms with Crippen molar-refractivity contribution in [2.75, 3.05) is 5.32 Å². The molecule has 2 N–H and O–H groups in total. The number of hydrogen-bond acceptors (Lipinski definition) is 4. The molecule has 4 rings (SSSR count). The Morgan fingerprint density at radius 1 is 1.17 bits per heavy atom. The number of hydrogen-bond donors (Lipinski definition) is 2. The predicted molar refractivity (Wildman–Crippen MR) is 90.3 cm³/mol. The van der Waals surface area contributed by atoms with Gasteiger partial charge in [0, 0.05) is 35.5 Å². The summed E-state index contributed by atoms with van der Waals surface area (Å²) in [5.74, 6) is 1.48. The summed E-state index contributed by atoms with van der Waals surface area (Å²) >= 11 is 0. The van der Waals surface area contributed by atoms with Gasteiger partial charge >= 0.3 is 0 Å². The maximum Gasteiger partial charge on any atom is 0.257 e. The molecule has 2 saturated carbocycles. The topological polar surface area (TPSA) is 79.9 Å². The number of pyridine rings is 1. The van der Waals surface area contributed by atoms with E-state index in [1.54, 1.807) is 18.3 Å². The molecule has 2 heterocycles. The summed E-state index contributed by atoms with van der Waals surface area (Å²) in [4.78, 5) is 16.6. The molecule has 0 radical (unpaired) electrons. The van der Waals surface area contributed by atoms with Crippen molar-refractivity contribution < 1.29 is 9.53 Å².